The molecule has 6 nitrogen and oxygen atoms in total. The van der Waals surface area contributed by atoms with Gasteiger partial charge in [-0.25, -0.2) is 4.68 Å². The van der Waals surface area contributed by atoms with E-state index in [0.717, 1.165) is 43.9 Å². The van der Waals surface area contributed by atoms with Gasteiger partial charge in [0.2, 0.25) is 0 Å². The van der Waals surface area contributed by atoms with E-state index in [0.29, 0.717) is 24.0 Å². The Labute approximate surface area is 179 Å². The minimum Gasteiger partial charge on any atom is -0.493 e. The fourth-order valence-corrected chi connectivity index (χ4v) is 4.41. The van der Waals surface area contributed by atoms with Crippen molar-refractivity contribution >= 4 is 23.6 Å². The molecule has 1 aliphatic rings. The summed E-state index contributed by atoms with van der Waals surface area (Å²) in [6.45, 7) is 5.61. The Morgan fingerprint density at radius 3 is 2.97 bits per heavy atom. The maximum absolute atomic E-state index is 5.85. The lowest BCUT2D eigenvalue weighted by Gasteiger charge is -2.24. The predicted octanol–water partition coefficient (Wildman–Crippen LogP) is 4.97. The van der Waals surface area contributed by atoms with Gasteiger partial charge in [-0.2, -0.15) is 0 Å². The van der Waals surface area contributed by atoms with Crippen LogP contribution in [0.25, 0.3) is 11.5 Å². The van der Waals surface area contributed by atoms with Crippen molar-refractivity contribution in [1.82, 2.24) is 14.7 Å². The molecule has 154 valence electrons. The molecule has 1 atom stereocenters. The molecule has 3 heterocycles. The summed E-state index contributed by atoms with van der Waals surface area (Å²) in [7, 11) is 0. The van der Waals surface area contributed by atoms with E-state index < -0.39 is 0 Å². The van der Waals surface area contributed by atoms with Crippen LogP contribution in [0.1, 0.15) is 24.6 Å². The minimum atomic E-state index is 0.259. The minimum absolute atomic E-state index is 0.259. The number of aromatic nitrogens is 2. The van der Waals surface area contributed by atoms with Gasteiger partial charge in [-0.1, -0.05) is 18.2 Å². The van der Waals surface area contributed by atoms with Crippen molar-refractivity contribution in [2.45, 2.75) is 39.1 Å². The number of hydrogen-bond acceptors (Lipinski definition) is 7. The number of thiophene rings is 1. The second-order valence-corrected chi connectivity index (χ2v) is 8.35. The van der Waals surface area contributed by atoms with Crippen LogP contribution in [0, 0.1) is 4.84 Å². The third-order valence-electron chi connectivity index (χ3n) is 4.80. The highest BCUT2D eigenvalue weighted by Gasteiger charge is 2.21. The second kappa shape index (κ2) is 9.67. The first-order valence-electron chi connectivity index (χ1n) is 9.89. The molecule has 4 rings (SSSR count). The molecule has 0 saturated carbocycles. The highest BCUT2D eigenvalue weighted by atomic mass is 32.1. The Kier molecular flexibility index (Phi) is 6.76. The zero-order valence-corrected chi connectivity index (χ0v) is 18.1. The molecule has 0 spiro atoms. The van der Waals surface area contributed by atoms with Gasteiger partial charge >= 0.3 is 0 Å². The van der Waals surface area contributed by atoms with Crippen LogP contribution in [-0.4, -0.2) is 40.5 Å². The van der Waals surface area contributed by atoms with E-state index >= 15 is 0 Å². The van der Waals surface area contributed by atoms with Gasteiger partial charge in [0.15, 0.2) is 0 Å². The smallest absolute Gasteiger partial charge is 0.288 e. The van der Waals surface area contributed by atoms with Crippen molar-refractivity contribution in [3.05, 3.63) is 51.5 Å². The third-order valence-corrected chi connectivity index (χ3v) is 5.96. The molecule has 1 aromatic carbocycles. The van der Waals surface area contributed by atoms with Gasteiger partial charge in [-0.3, -0.25) is 4.90 Å². The molecule has 0 amide bonds. The molecule has 3 aromatic rings. The van der Waals surface area contributed by atoms with E-state index in [1.54, 1.807) is 16.0 Å². The fourth-order valence-electron chi connectivity index (χ4n) is 3.49. The Hall–Kier alpha value is -2.00. The molecule has 1 fully saturated rings. The SMILES string of the molecule is CCOc1ccccc1-c1nn(CN(Cc2cccs2)C[C@H]2CCCO2)c(=S)o1. The van der Waals surface area contributed by atoms with E-state index in [4.69, 9.17) is 26.1 Å². The molecule has 0 bridgehead atoms. The van der Waals surface area contributed by atoms with Gasteiger partial charge in [0.1, 0.15) is 5.75 Å². The molecular weight excluding hydrogens is 406 g/mol. The molecule has 8 heteroatoms. The van der Waals surface area contributed by atoms with Crippen molar-refractivity contribution < 1.29 is 13.9 Å². The van der Waals surface area contributed by atoms with Crippen molar-refractivity contribution in [2.75, 3.05) is 19.8 Å². The molecule has 0 unspecified atom stereocenters. The number of hydrogen-bond donors (Lipinski definition) is 0. The monoisotopic (exact) mass is 431 g/mol. The standard InChI is InChI=1S/C21H25N3O3S2/c1-2-25-19-10-4-3-9-18(19)20-22-24(21(28)27-20)15-23(13-16-7-5-11-26-16)14-17-8-6-12-29-17/h3-4,6,8-10,12,16H,2,5,7,11,13-15H2,1H3/t16-/m1/s1. The lowest BCUT2D eigenvalue weighted by Crippen LogP contribution is -2.33. The van der Waals surface area contributed by atoms with Crippen LogP contribution in [0.4, 0.5) is 0 Å². The largest absolute Gasteiger partial charge is 0.493 e. The van der Waals surface area contributed by atoms with Crippen LogP contribution in [0.2, 0.25) is 0 Å². The number of rotatable bonds is 9. The maximum atomic E-state index is 5.85. The summed E-state index contributed by atoms with van der Waals surface area (Å²) in [5, 5.41) is 6.75. The van der Waals surface area contributed by atoms with Crippen LogP contribution in [-0.2, 0) is 18.0 Å². The van der Waals surface area contributed by atoms with Gasteiger partial charge in [0, 0.05) is 24.6 Å². The van der Waals surface area contributed by atoms with Crippen molar-refractivity contribution in [1.29, 1.82) is 0 Å². The molecule has 29 heavy (non-hydrogen) atoms. The van der Waals surface area contributed by atoms with Crippen LogP contribution >= 0.6 is 23.6 Å². The number of para-hydroxylation sites is 1. The molecule has 1 saturated heterocycles. The van der Waals surface area contributed by atoms with Crippen molar-refractivity contribution in [3.63, 3.8) is 0 Å². The zero-order chi connectivity index (χ0) is 20.1. The lowest BCUT2D eigenvalue weighted by atomic mass is 10.2. The summed E-state index contributed by atoms with van der Waals surface area (Å²) < 4.78 is 19.1. The Bertz CT molecular complexity index is 962. The van der Waals surface area contributed by atoms with Crippen molar-refractivity contribution in [2.24, 2.45) is 0 Å². The zero-order valence-electron chi connectivity index (χ0n) is 16.5. The molecule has 2 aromatic heterocycles. The van der Waals surface area contributed by atoms with Gasteiger partial charge in [0.25, 0.3) is 10.7 Å². The predicted molar refractivity (Wildman–Crippen MR) is 116 cm³/mol. The summed E-state index contributed by atoms with van der Waals surface area (Å²) in [5.74, 6) is 1.22. The van der Waals surface area contributed by atoms with E-state index in [9.17, 15) is 0 Å². The van der Waals surface area contributed by atoms with Crippen LogP contribution in [0.3, 0.4) is 0 Å². The fraction of sp³-hybridized carbons (Fsp3) is 0.429. The van der Waals surface area contributed by atoms with E-state index in [1.807, 2.05) is 31.2 Å². The topological polar surface area (TPSA) is 52.7 Å². The number of benzene rings is 1. The summed E-state index contributed by atoms with van der Waals surface area (Å²) in [6.07, 6.45) is 2.48. The lowest BCUT2D eigenvalue weighted by molar-refractivity contribution is 0.0568. The van der Waals surface area contributed by atoms with Crippen LogP contribution in [0.15, 0.2) is 46.2 Å². The molecule has 0 N–H and O–H groups in total. The summed E-state index contributed by atoms with van der Waals surface area (Å²) in [5.41, 5.74) is 0.808. The number of nitrogens with zero attached hydrogens (tertiary/aromatic N) is 3. The molecule has 1 aliphatic heterocycles. The maximum Gasteiger partial charge on any atom is 0.288 e. The summed E-state index contributed by atoms with van der Waals surface area (Å²) in [4.78, 5) is 3.98. The first-order chi connectivity index (χ1) is 14.2. The molecular formula is C21H25N3O3S2. The second-order valence-electron chi connectivity index (χ2n) is 6.97. The van der Waals surface area contributed by atoms with Crippen LogP contribution < -0.4 is 4.74 Å². The molecule has 0 radical (unpaired) electrons. The Morgan fingerprint density at radius 2 is 2.21 bits per heavy atom. The summed E-state index contributed by atoms with van der Waals surface area (Å²) in [6, 6.07) is 12.0. The average molecular weight is 432 g/mol. The van der Waals surface area contributed by atoms with E-state index in [2.05, 4.69) is 27.5 Å². The Balaban J connectivity index is 1.55. The van der Waals surface area contributed by atoms with E-state index in [-0.39, 0.29) is 6.10 Å². The normalized spacial score (nSPS) is 16.6. The molecule has 0 aliphatic carbocycles. The highest BCUT2D eigenvalue weighted by molar-refractivity contribution is 7.71. The first kappa shape index (κ1) is 20.3. The van der Waals surface area contributed by atoms with Crippen LogP contribution in [0.5, 0.6) is 5.75 Å². The first-order valence-corrected chi connectivity index (χ1v) is 11.2. The highest BCUT2D eigenvalue weighted by Crippen LogP contribution is 2.29. The van der Waals surface area contributed by atoms with Gasteiger partial charge in [0.05, 0.1) is 24.9 Å². The van der Waals surface area contributed by atoms with Gasteiger partial charge in [-0.05, 0) is 55.6 Å². The van der Waals surface area contributed by atoms with Crippen molar-refractivity contribution in [3.8, 4) is 17.2 Å². The average Bonchev–Trinajstić information content (AvgIpc) is 3.47. The third kappa shape index (κ3) is 5.14. The quantitative estimate of drug-likeness (QED) is 0.446. The summed E-state index contributed by atoms with van der Waals surface area (Å²) >= 11 is 7.22. The van der Waals surface area contributed by atoms with Gasteiger partial charge in [-0.15, -0.1) is 16.4 Å². The van der Waals surface area contributed by atoms with Gasteiger partial charge < -0.3 is 13.9 Å². The number of ether oxygens (including phenoxy) is 2. The van der Waals surface area contributed by atoms with E-state index in [1.165, 1.54) is 4.88 Å². The Morgan fingerprint density at radius 1 is 1.31 bits per heavy atom.